The van der Waals surface area contributed by atoms with Crippen LogP contribution in [0.2, 0.25) is 0 Å². The van der Waals surface area contributed by atoms with Gasteiger partial charge in [-0.1, -0.05) is 72.8 Å². The Balaban J connectivity index is 0.799. The minimum Gasteiger partial charge on any atom is -0.379 e. The van der Waals surface area contributed by atoms with Gasteiger partial charge >= 0.3 is 0 Å². The molecule has 1 aliphatic heterocycles. The molecule has 356 valence electrons. The number of benzene rings is 3. The molecule has 15 rings (SSSR count). The summed E-state index contributed by atoms with van der Waals surface area (Å²) in [4.78, 5) is 44.6. The SMILES string of the molecule is C1=C(c2cc(-c3cccc(-n4c5ccccc5c5ccncc54)n3)cc(-c3ccccn3)n2)CNc2c1ccc1cc(-c3cc(-c4ccccn4)nc(-c4cccc(-n5c6ccccc6c6ccncc65)n4)c3)cnc21. The van der Waals surface area contributed by atoms with Crippen molar-refractivity contribution in [2.45, 2.75) is 0 Å². The average Bonchev–Trinajstić information content (AvgIpc) is 4.03. The third kappa shape index (κ3) is 7.26. The second-order valence-corrected chi connectivity index (χ2v) is 18.8. The summed E-state index contributed by atoms with van der Waals surface area (Å²) in [5.74, 6) is 1.58. The second-order valence-electron chi connectivity index (χ2n) is 18.8. The Bertz CT molecular complexity index is 4550. The maximum atomic E-state index is 5.31. The van der Waals surface area contributed by atoms with Crippen LogP contribution in [0.25, 0.3) is 134 Å². The lowest BCUT2D eigenvalue weighted by Crippen LogP contribution is -2.12. The lowest BCUT2D eigenvalue weighted by molar-refractivity contribution is 1.07. The average molecular weight is 977 g/mol. The first-order valence-electron chi connectivity index (χ1n) is 25.0. The van der Waals surface area contributed by atoms with Gasteiger partial charge in [-0.15, -0.1) is 0 Å². The van der Waals surface area contributed by atoms with Crippen LogP contribution in [0.1, 0.15) is 11.3 Å². The highest BCUT2D eigenvalue weighted by atomic mass is 15.1. The van der Waals surface area contributed by atoms with Crippen LogP contribution in [0, 0.1) is 0 Å². The van der Waals surface area contributed by atoms with E-state index in [1.807, 2.05) is 91.6 Å². The zero-order chi connectivity index (χ0) is 50.1. The number of anilines is 1. The van der Waals surface area contributed by atoms with Gasteiger partial charge in [0, 0.05) is 81.2 Å². The number of hydrogen-bond donors (Lipinski definition) is 1. The van der Waals surface area contributed by atoms with Crippen molar-refractivity contribution in [3.05, 3.63) is 231 Å². The molecule has 0 radical (unpaired) electrons. The Morgan fingerprint density at radius 2 is 0.921 bits per heavy atom. The predicted molar refractivity (Wildman–Crippen MR) is 303 cm³/mol. The molecule has 0 atom stereocenters. The molecule has 3 aromatic carbocycles. The van der Waals surface area contributed by atoms with Crippen molar-refractivity contribution in [3.63, 3.8) is 0 Å². The number of hydrogen-bond acceptors (Lipinski definition) is 10. The van der Waals surface area contributed by atoms with Gasteiger partial charge in [-0.3, -0.25) is 34.1 Å². The van der Waals surface area contributed by atoms with Crippen molar-refractivity contribution >= 4 is 71.9 Å². The summed E-state index contributed by atoms with van der Waals surface area (Å²) in [7, 11) is 0. The highest BCUT2D eigenvalue weighted by Gasteiger charge is 2.21. The highest BCUT2D eigenvalue weighted by Crippen LogP contribution is 2.39. The monoisotopic (exact) mass is 976 g/mol. The zero-order valence-corrected chi connectivity index (χ0v) is 40.5. The molecule has 12 heteroatoms. The number of pyridine rings is 9. The summed E-state index contributed by atoms with van der Waals surface area (Å²) >= 11 is 0. The van der Waals surface area contributed by atoms with Crippen molar-refractivity contribution in [2.75, 3.05) is 11.9 Å². The molecule has 12 heterocycles. The summed E-state index contributed by atoms with van der Waals surface area (Å²) in [5.41, 5.74) is 17.0. The van der Waals surface area contributed by atoms with Crippen LogP contribution >= 0.6 is 0 Å². The molecule has 76 heavy (non-hydrogen) atoms. The van der Waals surface area contributed by atoms with E-state index < -0.39 is 0 Å². The molecule has 12 nitrogen and oxygen atoms in total. The van der Waals surface area contributed by atoms with Gasteiger partial charge in [-0.05, 0) is 120 Å². The van der Waals surface area contributed by atoms with E-state index in [9.17, 15) is 0 Å². The van der Waals surface area contributed by atoms with E-state index in [0.717, 1.165) is 145 Å². The van der Waals surface area contributed by atoms with Gasteiger partial charge in [-0.25, -0.2) is 19.9 Å². The van der Waals surface area contributed by atoms with E-state index in [0.29, 0.717) is 6.54 Å². The molecular weight excluding hydrogens is 937 g/mol. The molecule has 0 fully saturated rings. The maximum absolute atomic E-state index is 5.31. The Kier molecular flexibility index (Phi) is 9.95. The van der Waals surface area contributed by atoms with Gasteiger partial charge < -0.3 is 5.32 Å². The third-order valence-electron chi connectivity index (χ3n) is 14.3. The smallest absolute Gasteiger partial charge is 0.138 e. The Morgan fingerprint density at radius 1 is 0.368 bits per heavy atom. The van der Waals surface area contributed by atoms with Crippen LogP contribution < -0.4 is 5.32 Å². The summed E-state index contributed by atoms with van der Waals surface area (Å²) < 4.78 is 4.36. The predicted octanol–water partition coefficient (Wildman–Crippen LogP) is 13.9. The molecular formula is C64H40N12. The fourth-order valence-electron chi connectivity index (χ4n) is 10.8. The Hall–Kier alpha value is -10.6. The number of fused-ring (bicyclic) bond motifs is 9. The minimum atomic E-state index is 0.536. The fourth-order valence-corrected chi connectivity index (χ4v) is 10.8. The van der Waals surface area contributed by atoms with Gasteiger partial charge in [0.2, 0.25) is 0 Å². The van der Waals surface area contributed by atoms with Crippen LogP contribution in [-0.2, 0) is 0 Å². The van der Waals surface area contributed by atoms with Gasteiger partial charge in [0.05, 0.1) is 91.2 Å². The molecule has 0 bridgehead atoms. The van der Waals surface area contributed by atoms with Crippen LogP contribution in [0.4, 0.5) is 5.69 Å². The second kappa shape index (κ2) is 17.6. The molecule has 0 saturated heterocycles. The minimum absolute atomic E-state index is 0.536. The lowest BCUT2D eigenvalue weighted by Gasteiger charge is -2.21. The van der Waals surface area contributed by atoms with Gasteiger partial charge in [0.1, 0.15) is 11.6 Å². The largest absolute Gasteiger partial charge is 0.379 e. The topological polar surface area (TPSA) is 138 Å². The molecule has 0 amide bonds. The first-order valence-corrected chi connectivity index (χ1v) is 25.0. The molecule has 1 N–H and O–H groups in total. The van der Waals surface area contributed by atoms with E-state index in [1.165, 1.54) is 0 Å². The molecule has 0 aliphatic carbocycles. The standard InChI is InChI=1S/C64H40N12/c1-3-17-57-45(11-1)47-23-27-65-37-59(47)75(57)61-19-9-15-49(73-61)42-33-53(71-55(34-42)51-14-6-8-26-68-51)44-30-40-22-21-39-29-43(35-69-63(39)64(40)70-36-44)41-31-54(50-13-5-7-25-67-50)72-56(32-41)52-16-10-20-62(74-52)76-58-18-4-2-12-46(58)48-24-28-66-38-60(48)76/h1-35,37-38,70H,36H2. The number of para-hydroxylation sites is 2. The van der Waals surface area contributed by atoms with Crippen LogP contribution in [0.15, 0.2) is 219 Å². The first kappa shape index (κ1) is 43.0. The highest BCUT2D eigenvalue weighted by molar-refractivity contribution is 6.10. The summed E-state index contributed by atoms with van der Waals surface area (Å²) in [6.45, 7) is 0.536. The Morgan fingerprint density at radius 3 is 1.58 bits per heavy atom. The molecule has 14 aromatic rings. The van der Waals surface area contributed by atoms with E-state index in [4.69, 9.17) is 34.9 Å². The quantitative estimate of drug-likeness (QED) is 0.157. The van der Waals surface area contributed by atoms with Crippen LogP contribution in [0.3, 0.4) is 0 Å². The van der Waals surface area contributed by atoms with E-state index in [2.05, 4.69) is 146 Å². The van der Waals surface area contributed by atoms with E-state index >= 15 is 0 Å². The van der Waals surface area contributed by atoms with E-state index in [1.54, 1.807) is 12.4 Å². The number of aromatic nitrogens is 11. The van der Waals surface area contributed by atoms with Crippen molar-refractivity contribution in [3.8, 4) is 68.2 Å². The fraction of sp³-hybridized carbons (Fsp3) is 0.0156. The van der Waals surface area contributed by atoms with Crippen molar-refractivity contribution in [1.29, 1.82) is 0 Å². The summed E-state index contributed by atoms with van der Waals surface area (Å²) in [5, 5.41) is 9.30. The normalized spacial score (nSPS) is 12.3. The summed E-state index contributed by atoms with van der Waals surface area (Å²) in [6, 6.07) is 59.8. The van der Waals surface area contributed by atoms with Crippen LogP contribution in [0.5, 0.6) is 0 Å². The number of rotatable bonds is 8. The zero-order valence-electron chi connectivity index (χ0n) is 40.5. The van der Waals surface area contributed by atoms with Gasteiger partial charge in [0.25, 0.3) is 0 Å². The molecule has 11 aromatic heterocycles. The third-order valence-corrected chi connectivity index (χ3v) is 14.3. The van der Waals surface area contributed by atoms with Crippen molar-refractivity contribution < 1.29 is 0 Å². The Labute approximate surface area is 434 Å². The maximum Gasteiger partial charge on any atom is 0.138 e. The number of nitrogens with one attached hydrogen (secondary N) is 1. The van der Waals surface area contributed by atoms with Gasteiger partial charge in [0.15, 0.2) is 0 Å². The van der Waals surface area contributed by atoms with Crippen molar-refractivity contribution in [1.82, 2.24) is 54.0 Å². The molecule has 0 spiro atoms. The van der Waals surface area contributed by atoms with E-state index in [-0.39, 0.29) is 0 Å². The van der Waals surface area contributed by atoms with Crippen molar-refractivity contribution in [2.24, 2.45) is 0 Å². The van der Waals surface area contributed by atoms with Gasteiger partial charge in [-0.2, -0.15) is 0 Å². The molecule has 1 aliphatic rings. The molecule has 0 saturated carbocycles. The van der Waals surface area contributed by atoms with Crippen LogP contribution in [-0.4, -0.2) is 60.5 Å². The first-order chi connectivity index (χ1) is 37.6. The number of nitrogens with zero attached hydrogens (tertiary/aromatic N) is 11. The lowest BCUT2D eigenvalue weighted by atomic mass is 9.97. The molecule has 0 unspecified atom stereocenters. The summed E-state index contributed by atoms with van der Waals surface area (Å²) in [6.07, 6.45) is 15.2.